The number of benzene rings is 1. The van der Waals surface area contributed by atoms with Crippen LogP contribution in [0.5, 0.6) is 0 Å². The summed E-state index contributed by atoms with van der Waals surface area (Å²) in [6.45, 7) is 7.09. The highest BCUT2D eigenvalue weighted by Gasteiger charge is 2.26. The number of rotatable bonds is 6. The van der Waals surface area contributed by atoms with Crippen LogP contribution in [0.1, 0.15) is 47.1 Å². The molecule has 4 rings (SSSR count). The van der Waals surface area contributed by atoms with Gasteiger partial charge in [0, 0.05) is 42.9 Å². The van der Waals surface area contributed by atoms with Gasteiger partial charge < -0.3 is 10.1 Å². The van der Waals surface area contributed by atoms with Crippen molar-refractivity contribution in [1.29, 1.82) is 0 Å². The third kappa shape index (κ3) is 4.51. The second-order valence-electron chi connectivity index (χ2n) is 7.91. The molecule has 2 aromatic rings. The Morgan fingerprint density at radius 2 is 2.10 bits per heavy atom. The topological polar surface area (TPSA) is 59.4 Å². The molecule has 2 aliphatic rings. The summed E-state index contributed by atoms with van der Waals surface area (Å²) in [7, 11) is 0. The van der Waals surface area contributed by atoms with Crippen LogP contribution in [0.25, 0.3) is 0 Å². The van der Waals surface area contributed by atoms with Crippen LogP contribution in [-0.2, 0) is 30.9 Å². The first-order valence-corrected chi connectivity index (χ1v) is 10.6. The molecule has 0 radical (unpaired) electrons. The lowest BCUT2D eigenvalue weighted by Crippen LogP contribution is -2.38. The molecule has 156 valence electrons. The number of aromatic nitrogens is 2. The Kier molecular flexibility index (Phi) is 6.25. The Balaban J connectivity index is 1.28. The number of fused-ring (bicyclic) bond motifs is 1. The molecule has 2 aliphatic heterocycles. The lowest BCUT2D eigenvalue weighted by Gasteiger charge is -2.32. The van der Waals surface area contributed by atoms with Crippen LogP contribution in [0.3, 0.4) is 0 Å². The van der Waals surface area contributed by atoms with E-state index in [4.69, 9.17) is 4.74 Å². The van der Waals surface area contributed by atoms with Crippen LogP contribution in [-0.4, -0.2) is 46.8 Å². The average molecular weight is 400 g/mol. The maximum atomic E-state index is 13.8. The molecule has 29 heavy (non-hydrogen) atoms. The standard InChI is InChI=1S/C22H29FN4O2/c1-2-27-20-9-12-29-15-18(20)21(25-27)22(28)24-13-16-7-10-26(11-8-16)14-17-5-3-4-6-19(17)23/h3-6,16H,2,7-15H2,1H3,(H,24,28). The molecule has 0 spiro atoms. The highest BCUT2D eigenvalue weighted by molar-refractivity contribution is 5.94. The monoisotopic (exact) mass is 400 g/mol. The maximum Gasteiger partial charge on any atom is 0.272 e. The van der Waals surface area contributed by atoms with Gasteiger partial charge in [-0.05, 0) is 44.8 Å². The Morgan fingerprint density at radius 1 is 1.31 bits per heavy atom. The average Bonchev–Trinajstić information content (AvgIpc) is 3.14. The van der Waals surface area contributed by atoms with Gasteiger partial charge in [-0.2, -0.15) is 5.10 Å². The number of aryl methyl sites for hydroxylation is 1. The molecule has 0 unspecified atom stereocenters. The van der Waals surface area contributed by atoms with Crippen molar-refractivity contribution in [2.75, 3.05) is 26.2 Å². The van der Waals surface area contributed by atoms with Gasteiger partial charge in [-0.15, -0.1) is 0 Å². The number of hydrogen-bond donors (Lipinski definition) is 1. The van der Waals surface area contributed by atoms with E-state index >= 15 is 0 Å². The number of nitrogens with one attached hydrogen (secondary N) is 1. The van der Waals surface area contributed by atoms with Gasteiger partial charge in [0.1, 0.15) is 5.82 Å². The summed E-state index contributed by atoms with van der Waals surface area (Å²) in [4.78, 5) is 15.0. The van der Waals surface area contributed by atoms with Crippen LogP contribution >= 0.6 is 0 Å². The molecule has 0 aliphatic carbocycles. The van der Waals surface area contributed by atoms with Crippen molar-refractivity contribution in [3.63, 3.8) is 0 Å². The smallest absolute Gasteiger partial charge is 0.272 e. The first kappa shape index (κ1) is 20.0. The number of amides is 1. The van der Waals surface area contributed by atoms with Gasteiger partial charge in [-0.25, -0.2) is 4.39 Å². The second-order valence-corrected chi connectivity index (χ2v) is 7.91. The van der Waals surface area contributed by atoms with E-state index in [1.165, 1.54) is 6.07 Å². The predicted octanol–water partition coefficient (Wildman–Crippen LogP) is 2.76. The summed E-state index contributed by atoms with van der Waals surface area (Å²) in [6.07, 6.45) is 2.81. The highest BCUT2D eigenvalue weighted by Crippen LogP contribution is 2.22. The molecule has 1 fully saturated rings. The van der Waals surface area contributed by atoms with Crippen LogP contribution < -0.4 is 5.32 Å². The number of carbonyl (C=O) groups excluding carboxylic acids is 1. The van der Waals surface area contributed by atoms with E-state index in [-0.39, 0.29) is 11.7 Å². The molecule has 0 bridgehead atoms. The maximum absolute atomic E-state index is 13.8. The molecule has 1 aromatic heterocycles. The number of piperidine rings is 1. The molecule has 6 nitrogen and oxygen atoms in total. The van der Waals surface area contributed by atoms with E-state index in [2.05, 4.69) is 15.3 Å². The quantitative estimate of drug-likeness (QED) is 0.810. The van der Waals surface area contributed by atoms with E-state index < -0.39 is 0 Å². The number of nitrogens with zero attached hydrogens (tertiary/aromatic N) is 3. The number of hydrogen-bond acceptors (Lipinski definition) is 4. The van der Waals surface area contributed by atoms with Crippen molar-refractivity contribution in [3.05, 3.63) is 52.6 Å². The largest absolute Gasteiger partial charge is 0.376 e. The summed E-state index contributed by atoms with van der Waals surface area (Å²) in [5.41, 5.74) is 3.33. The van der Waals surface area contributed by atoms with Gasteiger partial charge >= 0.3 is 0 Å². The molecule has 1 amide bonds. The van der Waals surface area contributed by atoms with Crippen LogP contribution in [0.2, 0.25) is 0 Å². The molecule has 1 saturated heterocycles. The fourth-order valence-electron chi connectivity index (χ4n) is 4.29. The Bertz CT molecular complexity index is 858. The number of carbonyl (C=O) groups is 1. The van der Waals surface area contributed by atoms with Crippen molar-refractivity contribution in [2.45, 2.75) is 45.9 Å². The normalized spacial score (nSPS) is 17.9. The molecule has 0 atom stereocenters. The number of ether oxygens (including phenoxy) is 1. The lowest BCUT2D eigenvalue weighted by atomic mass is 9.96. The summed E-state index contributed by atoms with van der Waals surface area (Å²) < 4.78 is 21.3. The SMILES string of the molecule is CCn1nc(C(=O)NCC2CCN(Cc3ccccc3F)CC2)c2c1CCOC2. The minimum Gasteiger partial charge on any atom is -0.376 e. The van der Waals surface area contributed by atoms with E-state index in [0.717, 1.165) is 55.7 Å². The third-order valence-corrected chi connectivity index (χ3v) is 6.02. The summed E-state index contributed by atoms with van der Waals surface area (Å²) in [5.74, 6) is 0.199. The van der Waals surface area contributed by atoms with Crippen molar-refractivity contribution >= 4 is 5.91 Å². The van der Waals surface area contributed by atoms with Crippen molar-refractivity contribution in [2.24, 2.45) is 5.92 Å². The second kappa shape index (κ2) is 9.05. The molecule has 7 heteroatoms. The predicted molar refractivity (Wildman–Crippen MR) is 108 cm³/mol. The van der Waals surface area contributed by atoms with Gasteiger partial charge in [0.25, 0.3) is 5.91 Å². The summed E-state index contributed by atoms with van der Waals surface area (Å²) in [5, 5.41) is 7.60. The van der Waals surface area contributed by atoms with E-state index in [1.807, 2.05) is 23.7 Å². The third-order valence-electron chi connectivity index (χ3n) is 6.02. The molecule has 1 aromatic carbocycles. The zero-order valence-corrected chi connectivity index (χ0v) is 17.0. The van der Waals surface area contributed by atoms with Crippen molar-refractivity contribution in [1.82, 2.24) is 20.0 Å². The highest BCUT2D eigenvalue weighted by atomic mass is 19.1. The number of halogens is 1. The van der Waals surface area contributed by atoms with E-state index in [1.54, 1.807) is 6.07 Å². The fourth-order valence-corrected chi connectivity index (χ4v) is 4.29. The fraction of sp³-hybridized carbons (Fsp3) is 0.545. The number of likely N-dealkylation sites (tertiary alicyclic amines) is 1. The van der Waals surface area contributed by atoms with Gasteiger partial charge in [-0.1, -0.05) is 18.2 Å². The first-order chi connectivity index (χ1) is 14.2. The van der Waals surface area contributed by atoms with Crippen LogP contribution in [0, 0.1) is 11.7 Å². The minimum atomic E-state index is -0.138. The molecular formula is C22H29FN4O2. The van der Waals surface area contributed by atoms with Crippen LogP contribution in [0.4, 0.5) is 4.39 Å². The Labute approximate surface area is 171 Å². The van der Waals surface area contributed by atoms with Gasteiger partial charge in [-0.3, -0.25) is 14.4 Å². The Hall–Kier alpha value is -2.25. The van der Waals surface area contributed by atoms with Crippen molar-refractivity contribution < 1.29 is 13.9 Å². The van der Waals surface area contributed by atoms with Gasteiger partial charge in [0.05, 0.1) is 13.2 Å². The summed E-state index contributed by atoms with van der Waals surface area (Å²) >= 11 is 0. The minimum absolute atomic E-state index is 0.104. The zero-order valence-electron chi connectivity index (χ0n) is 17.0. The lowest BCUT2D eigenvalue weighted by molar-refractivity contribution is 0.0908. The zero-order chi connectivity index (χ0) is 20.2. The van der Waals surface area contributed by atoms with Crippen LogP contribution in [0.15, 0.2) is 24.3 Å². The van der Waals surface area contributed by atoms with Gasteiger partial charge in [0.15, 0.2) is 5.69 Å². The molecule has 1 N–H and O–H groups in total. The first-order valence-electron chi connectivity index (χ1n) is 10.6. The van der Waals surface area contributed by atoms with E-state index in [0.29, 0.717) is 37.9 Å². The van der Waals surface area contributed by atoms with E-state index in [9.17, 15) is 9.18 Å². The molecule has 3 heterocycles. The van der Waals surface area contributed by atoms with Gasteiger partial charge in [0.2, 0.25) is 0 Å². The van der Waals surface area contributed by atoms with Crippen molar-refractivity contribution in [3.8, 4) is 0 Å². The molecule has 0 saturated carbocycles. The molecular weight excluding hydrogens is 371 g/mol. The Morgan fingerprint density at radius 3 is 2.86 bits per heavy atom. The summed E-state index contributed by atoms with van der Waals surface area (Å²) in [6, 6.07) is 6.97.